The number of fused-ring (bicyclic) bond motifs is 1. The van der Waals surface area contributed by atoms with Gasteiger partial charge in [-0.05, 0) is 37.6 Å². The molecule has 96 valence electrons. The second-order valence-electron chi connectivity index (χ2n) is 4.27. The van der Waals surface area contributed by atoms with E-state index < -0.39 is 17.8 Å². The Morgan fingerprint density at radius 3 is 2.44 bits per heavy atom. The number of aliphatic hydroxyl groups is 1. The van der Waals surface area contributed by atoms with Crippen LogP contribution in [0, 0.1) is 6.92 Å². The van der Waals surface area contributed by atoms with E-state index in [1.165, 1.54) is 13.0 Å². The molecule has 0 aliphatic rings. The maximum atomic E-state index is 12.6. The van der Waals surface area contributed by atoms with Gasteiger partial charge in [0.25, 0.3) is 0 Å². The fourth-order valence-corrected chi connectivity index (χ4v) is 1.82. The molecule has 1 unspecified atom stereocenters. The molecule has 18 heavy (non-hydrogen) atoms. The number of aliphatic hydroxyl groups excluding tert-OH is 1. The summed E-state index contributed by atoms with van der Waals surface area (Å²) in [6.07, 6.45) is -5.19. The van der Waals surface area contributed by atoms with Gasteiger partial charge in [0.15, 0.2) is 0 Å². The fraction of sp³-hybridized carbons (Fsp3) is 0.308. The Morgan fingerprint density at radius 2 is 1.89 bits per heavy atom. The van der Waals surface area contributed by atoms with Gasteiger partial charge in [-0.15, -0.1) is 0 Å². The van der Waals surface area contributed by atoms with E-state index in [1.54, 1.807) is 13.0 Å². The Balaban J connectivity index is 2.68. The predicted molar refractivity (Wildman–Crippen MR) is 62.1 cm³/mol. The van der Waals surface area contributed by atoms with E-state index in [4.69, 9.17) is 0 Å². The third kappa shape index (κ3) is 2.31. The summed E-state index contributed by atoms with van der Waals surface area (Å²) in [5.41, 5.74) is 0.689. The first kappa shape index (κ1) is 12.8. The van der Waals surface area contributed by atoms with Crippen molar-refractivity contribution >= 4 is 10.9 Å². The van der Waals surface area contributed by atoms with Crippen molar-refractivity contribution in [2.24, 2.45) is 0 Å². The lowest BCUT2D eigenvalue weighted by molar-refractivity contribution is -0.137. The first-order valence-corrected chi connectivity index (χ1v) is 5.45. The van der Waals surface area contributed by atoms with Crippen molar-refractivity contribution in [3.05, 3.63) is 41.1 Å². The first-order chi connectivity index (χ1) is 8.29. The molecule has 1 heterocycles. The molecule has 1 aromatic carbocycles. The van der Waals surface area contributed by atoms with Crippen LogP contribution in [0.3, 0.4) is 0 Å². The minimum absolute atomic E-state index is 0.251. The average Bonchev–Trinajstić information content (AvgIpc) is 2.26. The Kier molecular flexibility index (Phi) is 3.02. The number of nitrogens with zero attached hydrogens (tertiary/aromatic N) is 1. The zero-order valence-electron chi connectivity index (χ0n) is 9.92. The quantitative estimate of drug-likeness (QED) is 0.844. The van der Waals surface area contributed by atoms with Gasteiger partial charge >= 0.3 is 6.18 Å². The molecule has 0 amide bonds. The number of alkyl halides is 3. The van der Waals surface area contributed by atoms with Crippen LogP contribution in [0.25, 0.3) is 10.9 Å². The molecule has 0 radical (unpaired) electrons. The third-order valence-electron chi connectivity index (χ3n) is 2.79. The number of hydrogen-bond acceptors (Lipinski definition) is 2. The van der Waals surface area contributed by atoms with Crippen molar-refractivity contribution in [2.75, 3.05) is 0 Å². The summed E-state index contributed by atoms with van der Waals surface area (Å²) in [6, 6.07) is 5.14. The lowest BCUT2D eigenvalue weighted by Gasteiger charge is -2.11. The van der Waals surface area contributed by atoms with Gasteiger partial charge in [-0.25, -0.2) is 0 Å². The van der Waals surface area contributed by atoms with E-state index in [-0.39, 0.29) is 5.52 Å². The molecule has 0 spiro atoms. The van der Waals surface area contributed by atoms with Crippen molar-refractivity contribution in [1.82, 2.24) is 4.98 Å². The number of hydrogen-bond donors (Lipinski definition) is 1. The van der Waals surface area contributed by atoms with Gasteiger partial charge in [0.2, 0.25) is 0 Å². The molecule has 0 aliphatic carbocycles. The van der Waals surface area contributed by atoms with Gasteiger partial charge in [0.1, 0.15) is 0 Å². The molecule has 2 nitrogen and oxygen atoms in total. The summed E-state index contributed by atoms with van der Waals surface area (Å²) in [7, 11) is 0. The second kappa shape index (κ2) is 4.24. The summed E-state index contributed by atoms with van der Waals surface area (Å²) in [5.74, 6) is 0. The van der Waals surface area contributed by atoms with Crippen LogP contribution in [0.1, 0.15) is 29.8 Å². The molecule has 1 N–H and O–H groups in total. The van der Waals surface area contributed by atoms with E-state index in [0.717, 1.165) is 17.7 Å². The van der Waals surface area contributed by atoms with E-state index in [2.05, 4.69) is 4.98 Å². The molecule has 0 fully saturated rings. The molecule has 1 atom stereocenters. The van der Waals surface area contributed by atoms with Crippen LogP contribution in [-0.2, 0) is 6.18 Å². The Morgan fingerprint density at radius 1 is 1.22 bits per heavy atom. The summed E-state index contributed by atoms with van der Waals surface area (Å²) in [5, 5.41) is 10.1. The van der Waals surface area contributed by atoms with Crippen LogP contribution < -0.4 is 0 Å². The molecule has 0 bridgehead atoms. The molecule has 5 heteroatoms. The number of aryl methyl sites for hydroxylation is 1. The molecule has 0 aliphatic heterocycles. The predicted octanol–water partition coefficient (Wildman–Crippen LogP) is 3.62. The van der Waals surface area contributed by atoms with Gasteiger partial charge in [-0.2, -0.15) is 13.2 Å². The Labute approximate surface area is 102 Å². The lowest BCUT2D eigenvalue weighted by atomic mass is 10.0. The molecule has 2 aromatic rings. The van der Waals surface area contributed by atoms with Gasteiger partial charge in [0.05, 0.1) is 22.9 Å². The van der Waals surface area contributed by atoms with Crippen LogP contribution in [0.4, 0.5) is 13.2 Å². The van der Waals surface area contributed by atoms with Gasteiger partial charge in [-0.1, -0.05) is 6.07 Å². The van der Waals surface area contributed by atoms with E-state index >= 15 is 0 Å². The van der Waals surface area contributed by atoms with Gasteiger partial charge < -0.3 is 5.11 Å². The van der Waals surface area contributed by atoms with Gasteiger partial charge in [-0.3, -0.25) is 4.98 Å². The highest BCUT2D eigenvalue weighted by Crippen LogP contribution is 2.32. The van der Waals surface area contributed by atoms with Crippen molar-refractivity contribution < 1.29 is 18.3 Å². The van der Waals surface area contributed by atoms with E-state index in [0.29, 0.717) is 11.1 Å². The lowest BCUT2D eigenvalue weighted by Crippen LogP contribution is -2.05. The van der Waals surface area contributed by atoms with Crippen molar-refractivity contribution in [3.8, 4) is 0 Å². The second-order valence-corrected chi connectivity index (χ2v) is 4.27. The minimum Gasteiger partial charge on any atom is -0.387 e. The van der Waals surface area contributed by atoms with Gasteiger partial charge in [0, 0.05) is 5.39 Å². The van der Waals surface area contributed by atoms with Crippen LogP contribution in [0.5, 0.6) is 0 Å². The van der Waals surface area contributed by atoms with Crippen LogP contribution >= 0.6 is 0 Å². The van der Waals surface area contributed by atoms with Crippen molar-refractivity contribution in [2.45, 2.75) is 26.1 Å². The maximum Gasteiger partial charge on any atom is 0.416 e. The molecular formula is C13H12F3NO. The van der Waals surface area contributed by atoms with E-state index in [9.17, 15) is 18.3 Å². The largest absolute Gasteiger partial charge is 0.416 e. The number of benzene rings is 1. The molecular weight excluding hydrogens is 243 g/mol. The zero-order valence-corrected chi connectivity index (χ0v) is 9.92. The normalized spacial score (nSPS) is 13.9. The maximum absolute atomic E-state index is 12.6. The molecule has 0 saturated heterocycles. The summed E-state index contributed by atoms with van der Waals surface area (Å²) in [6.45, 7) is 3.31. The number of rotatable bonds is 1. The highest BCUT2D eigenvalue weighted by atomic mass is 19.4. The van der Waals surface area contributed by atoms with Crippen molar-refractivity contribution in [1.29, 1.82) is 0 Å². The molecule has 0 saturated carbocycles. The number of aromatic nitrogens is 1. The number of halogens is 3. The van der Waals surface area contributed by atoms with Crippen LogP contribution in [0.15, 0.2) is 24.3 Å². The summed E-state index contributed by atoms with van der Waals surface area (Å²) in [4.78, 5) is 4.06. The SMILES string of the molecule is Cc1cc(C(C)O)nc2cc(C(F)(F)F)ccc12. The third-order valence-corrected chi connectivity index (χ3v) is 2.79. The highest BCUT2D eigenvalue weighted by molar-refractivity contribution is 5.83. The van der Waals surface area contributed by atoms with Crippen molar-refractivity contribution in [3.63, 3.8) is 0 Å². The summed E-state index contributed by atoms with van der Waals surface area (Å²) >= 11 is 0. The number of pyridine rings is 1. The minimum atomic E-state index is -4.38. The molecule has 2 rings (SSSR count). The standard InChI is InChI=1S/C13H12F3NO/c1-7-5-11(8(2)18)17-12-6-9(13(14,15)16)3-4-10(7)12/h3-6,8,18H,1-2H3. The topological polar surface area (TPSA) is 33.1 Å². The molecule has 1 aromatic heterocycles. The monoisotopic (exact) mass is 255 g/mol. The van der Waals surface area contributed by atoms with Crippen LogP contribution in [0.2, 0.25) is 0 Å². The Bertz CT molecular complexity index is 591. The highest BCUT2D eigenvalue weighted by Gasteiger charge is 2.30. The summed E-state index contributed by atoms with van der Waals surface area (Å²) < 4.78 is 37.8. The first-order valence-electron chi connectivity index (χ1n) is 5.45. The zero-order chi connectivity index (χ0) is 13.5. The smallest absolute Gasteiger partial charge is 0.387 e. The van der Waals surface area contributed by atoms with Crippen LogP contribution in [-0.4, -0.2) is 10.1 Å². The fourth-order valence-electron chi connectivity index (χ4n) is 1.82. The average molecular weight is 255 g/mol. The van der Waals surface area contributed by atoms with E-state index in [1.807, 2.05) is 0 Å². The Hall–Kier alpha value is -1.62.